The highest BCUT2D eigenvalue weighted by molar-refractivity contribution is 7.17. The Balaban J connectivity index is 2.30. The Bertz CT molecular complexity index is 660. The van der Waals surface area contributed by atoms with Crippen molar-refractivity contribution in [1.29, 1.82) is 0 Å². The number of fused-ring (bicyclic) bond motifs is 1. The molecule has 5 heteroatoms. The van der Waals surface area contributed by atoms with Crippen LogP contribution in [0.25, 0.3) is 10.1 Å². The van der Waals surface area contributed by atoms with Gasteiger partial charge in [-0.2, -0.15) is 0 Å². The molecular weight excluding hydrogens is 274 g/mol. The van der Waals surface area contributed by atoms with E-state index in [0.717, 1.165) is 15.6 Å². The lowest BCUT2D eigenvalue weighted by atomic mass is 10.0. The van der Waals surface area contributed by atoms with Crippen molar-refractivity contribution in [3.05, 3.63) is 34.7 Å². The van der Waals surface area contributed by atoms with Gasteiger partial charge in [0.1, 0.15) is 6.04 Å². The minimum atomic E-state index is -1.01. The number of carbonyl (C=O) groups excluding carboxylic acids is 1. The standard InChI is InChI=1S/C15H17NO3S/c1-8(2)13(15(18)19)16-14(17)11-7-20-12-6-9(3)4-5-10(11)12/h4-8,13H,1-3H3,(H,16,17)(H,18,19). The van der Waals surface area contributed by atoms with Gasteiger partial charge in [0.25, 0.3) is 5.91 Å². The van der Waals surface area contributed by atoms with Gasteiger partial charge in [-0.05, 0) is 24.5 Å². The molecule has 0 fully saturated rings. The Morgan fingerprint density at radius 2 is 2.00 bits per heavy atom. The van der Waals surface area contributed by atoms with Gasteiger partial charge < -0.3 is 10.4 Å². The number of hydrogen-bond donors (Lipinski definition) is 2. The van der Waals surface area contributed by atoms with Crippen LogP contribution in [-0.2, 0) is 4.79 Å². The van der Waals surface area contributed by atoms with Crippen molar-refractivity contribution < 1.29 is 14.7 Å². The van der Waals surface area contributed by atoms with E-state index in [0.29, 0.717) is 5.56 Å². The summed E-state index contributed by atoms with van der Waals surface area (Å²) in [6, 6.07) is 5.00. The average Bonchev–Trinajstić information content (AvgIpc) is 2.77. The Morgan fingerprint density at radius 1 is 1.30 bits per heavy atom. The zero-order valence-electron chi connectivity index (χ0n) is 11.6. The minimum Gasteiger partial charge on any atom is -0.480 e. The van der Waals surface area contributed by atoms with Crippen molar-refractivity contribution in [1.82, 2.24) is 5.32 Å². The molecule has 20 heavy (non-hydrogen) atoms. The van der Waals surface area contributed by atoms with Gasteiger partial charge in [-0.3, -0.25) is 4.79 Å². The van der Waals surface area contributed by atoms with Gasteiger partial charge >= 0.3 is 5.97 Å². The highest BCUT2D eigenvalue weighted by atomic mass is 32.1. The first kappa shape index (κ1) is 14.5. The molecule has 1 amide bonds. The topological polar surface area (TPSA) is 66.4 Å². The zero-order valence-corrected chi connectivity index (χ0v) is 12.5. The molecule has 0 spiro atoms. The molecule has 4 nitrogen and oxygen atoms in total. The fourth-order valence-electron chi connectivity index (χ4n) is 2.04. The van der Waals surface area contributed by atoms with Crippen LogP contribution in [0.1, 0.15) is 29.8 Å². The highest BCUT2D eigenvalue weighted by Gasteiger charge is 2.25. The van der Waals surface area contributed by atoms with Crippen LogP contribution in [0.5, 0.6) is 0 Å². The number of carboxylic acids is 1. The largest absolute Gasteiger partial charge is 0.480 e. The van der Waals surface area contributed by atoms with Crippen molar-refractivity contribution in [3.63, 3.8) is 0 Å². The third-order valence-corrected chi connectivity index (χ3v) is 4.14. The molecule has 1 aromatic heterocycles. The molecule has 0 aliphatic carbocycles. The molecule has 2 aromatic rings. The lowest BCUT2D eigenvalue weighted by Gasteiger charge is -2.17. The van der Waals surface area contributed by atoms with Crippen molar-refractivity contribution >= 4 is 33.3 Å². The molecule has 1 heterocycles. The summed E-state index contributed by atoms with van der Waals surface area (Å²) in [6.45, 7) is 5.54. The van der Waals surface area contributed by atoms with Crippen LogP contribution in [0.2, 0.25) is 0 Å². The number of aryl methyl sites for hydroxylation is 1. The second-order valence-corrected chi connectivity index (χ2v) is 6.09. The minimum absolute atomic E-state index is 0.163. The fourth-order valence-corrected chi connectivity index (χ4v) is 3.08. The van der Waals surface area contributed by atoms with E-state index in [2.05, 4.69) is 5.32 Å². The molecule has 0 radical (unpaired) electrons. The summed E-state index contributed by atoms with van der Waals surface area (Å²) < 4.78 is 1.03. The first-order chi connectivity index (χ1) is 9.40. The third-order valence-electron chi connectivity index (χ3n) is 3.19. The smallest absolute Gasteiger partial charge is 0.326 e. The fraction of sp³-hybridized carbons (Fsp3) is 0.333. The molecular formula is C15H17NO3S. The van der Waals surface area contributed by atoms with E-state index < -0.39 is 12.0 Å². The summed E-state index contributed by atoms with van der Waals surface area (Å²) in [5.41, 5.74) is 1.67. The molecule has 0 aliphatic heterocycles. The number of carboxylic acid groups (broad SMARTS) is 1. The SMILES string of the molecule is Cc1ccc2c(C(=O)NC(C(=O)O)C(C)C)csc2c1. The number of rotatable bonds is 4. The monoisotopic (exact) mass is 291 g/mol. The Labute approximate surface area is 121 Å². The van der Waals surface area contributed by atoms with Crippen molar-refractivity contribution in [2.45, 2.75) is 26.8 Å². The van der Waals surface area contributed by atoms with E-state index in [1.54, 1.807) is 19.2 Å². The zero-order chi connectivity index (χ0) is 14.9. The van der Waals surface area contributed by atoms with Gasteiger partial charge in [0.05, 0.1) is 5.56 Å². The lowest BCUT2D eigenvalue weighted by Crippen LogP contribution is -2.44. The molecule has 0 saturated heterocycles. The van der Waals surface area contributed by atoms with E-state index in [4.69, 9.17) is 5.11 Å². The van der Waals surface area contributed by atoms with Crippen LogP contribution in [0.3, 0.4) is 0 Å². The normalized spacial score (nSPS) is 12.6. The molecule has 0 aliphatic rings. The summed E-state index contributed by atoms with van der Waals surface area (Å²) in [7, 11) is 0. The summed E-state index contributed by atoms with van der Waals surface area (Å²) in [5, 5.41) is 14.4. The number of thiophene rings is 1. The Hall–Kier alpha value is -1.88. The van der Waals surface area contributed by atoms with Crippen LogP contribution >= 0.6 is 11.3 Å². The molecule has 2 rings (SSSR count). The first-order valence-corrected chi connectivity index (χ1v) is 7.29. The molecule has 1 atom stereocenters. The second-order valence-electron chi connectivity index (χ2n) is 5.18. The second kappa shape index (κ2) is 5.63. The molecule has 2 N–H and O–H groups in total. The Kier molecular flexibility index (Phi) is 4.09. The number of aliphatic carboxylic acids is 1. The maximum Gasteiger partial charge on any atom is 0.326 e. The van der Waals surface area contributed by atoms with E-state index >= 15 is 0 Å². The number of amides is 1. The lowest BCUT2D eigenvalue weighted by molar-refractivity contribution is -0.140. The predicted molar refractivity (Wildman–Crippen MR) is 80.3 cm³/mol. The molecule has 0 saturated carbocycles. The maximum atomic E-state index is 12.3. The maximum absolute atomic E-state index is 12.3. The summed E-state index contributed by atoms with van der Waals surface area (Å²) in [5.74, 6) is -1.51. The van der Waals surface area contributed by atoms with Crippen LogP contribution in [0.4, 0.5) is 0 Å². The summed E-state index contributed by atoms with van der Waals surface area (Å²) in [4.78, 5) is 23.4. The van der Waals surface area contributed by atoms with Gasteiger partial charge in [0.15, 0.2) is 0 Å². The van der Waals surface area contributed by atoms with Crippen molar-refractivity contribution in [2.24, 2.45) is 5.92 Å². The molecule has 1 aromatic carbocycles. The summed E-state index contributed by atoms with van der Waals surface area (Å²) >= 11 is 1.49. The van der Waals surface area contributed by atoms with Gasteiger partial charge in [0.2, 0.25) is 0 Å². The molecule has 106 valence electrons. The van der Waals surface area contributed by atoms with Crippen LogP contribution in [0.15, 0.2) is 23.6 Å². The van der Waals surface area contributed by atoms with Crippen molar-refractivity contribution in [3.8, 4) is 0 Å². The third kappa shape index (κ3) is 2.82. The van der Waals surface area contributed by atoms with Gasteiger partial charge in [-0.1, -0.05) is 26.0 Å². The van der Waals surface area contributed by atoms with E-state index in [1.807, 2.05) is 25.1 Å². The van der Waals surface area contributed by atoms with E-state index in [9.17, 15) is 9.59 Å². The van der Waals surface area contributed by atoms with Crippen LogP contribution in [-0.4, -0.2) is 23.0 Å². The number of benzene rings is 1. The number of carbonyl (C=O) groups is 2. The van der Waals surface area contributed by atoms with Gasteiger partial charge in [-0.25, -0.2) is 4.79 Å². The van der Waals surface area contributed by atoms with E-state index in [1.165, 1.54) is 11.3 Å². The van der Waals surface area contributed by atoms with Crippen LogP contribution in [0, 0.1) is 12.8 Å². The predicted octanol–water partition coefficient (Wildman–Crippen LogP) is 3.05. The average molecular weight is 291 g/mol. The quantitative estimate of drug-likeness (QED) is 0.910. The highest BCUT2D eigenvalue weighted by Crippen LogP contribution is 2.27. The number of hydrogen-bond acceptors (Lipinski definition) is 3. The first-order valence-electron chi connectivity index (χ1n) is 6.41. The molecule has 0 bridgehead atoms. The summed E-state index contributed by atoms with van der Waals surface area (Å²) in [6.07, 6.45) is 0. The van der Waals surface area contributed by atoms with Crippen LogP contribution < -0.4 is 5.32 Å². The van der Waals surface area contributed by atoms with E-state index in [-0.39, 0.29) is 11.8 Å². The Morgan fingerprint density at radius 3 is 2.60 bits per heavy atom. The number of nitrogens with one attached hydrogen (secondary N) is 1. The van der Waals surface area contributed by atoms with Gasteiger partial charge in [-0.15, -0.1) is 11.3 Å². The van der Waals surface area contributed by atoms with Gasteiger partial charge in [0, 0.05) is 15.5 Å². The van der Waals surface area contributed by atoms with Crippen molar-refractivity contribution in [2.75, 3.05) is 0 Å². The molecule has 1 unspecified atom stereocenters.